The molecule has 0 saturated heterocycles. The summed E-state index contributed by atoms with van der Waals surface area (Å²) in [5.41, 5.74) is 1.49. The van der Waals surface area contributed by atoms with E-state index in [0.29, 0.717) is 53.6 Å². The first-order valence-corrected chi connectivity index (χ1v) is 15.2. The number of thiazole rings is 1. The minimum Gasteiger partial charge on any atom is -0.493 e. The highest BCUT2D eigenvalue weighted by molar-refractivity contribution is 9.10. The van der Waals surface area contributed by atoms with Crippen LogP contribution in [0.15, 0.2) is 78.5 Å². The number of nitro benzene ring substituents is 1. The number of methoxy groups -OCH3 is 1. The molecule has 4 aromatic rings. The summed E-state index contributed by atoms with van der Waals surface area (Å²) in [6.45, 7) is 7.39. The lowest BCUT2D eigenvalue weighted by molar-refractivity contribution is -0.384. The highest BCUT2D eigenvalue weighted by Crippen LogP contribution is 2.37. The molecule has 0 amide bonds. The quantitative estimate of drug-likeness (QED) is 0.128. The van der Waals surface area contributed by atoms with Gasteiger partial charge in [-0.05, 0) is 79.5 Å². The number of aromatic nitrogens is 1. The normalized spacial score (nSPS) is 14.8. The highest BCUT2D eigenvalue weighted by Gasteiger charge is 2.34. The van der Waals surface area contributed by atoms with E-state index in [4.69, 9.17) is 18.6 Å². The monoisotopic (exact) mass is 681 g/mol. The maximum absolute atomic E-state index is 14.0. The number of hydrogen-bond donors (Lipinski definition) is 0. The summed E-state index contributed by atoms with van der Waals surface area (Å²) in [4.78, 5) is 42.8. The van der Waals surface area contributed by atoms with Gasteiger partial charge in [-0.15, -0.1) is 0 Å². The molecule has 11 nitrogen and oxygen atoms in total. The topological polar surface area (TPSA) is 135 Å². The van der Waals surface area contributed by atoms with E-state index in [9.17, 15) is 19.7 Å². The zero-order chi connectivity index (χ0) is 31.7. The van der Waals surface area contributed by atoms with Crippen molar-refractivity contribution in [1.82, 2.24) is 4.57 Å². The Morgan fingerprint density at radius 2 is 1.98 bits per heavy atom. The highest BCUT2D eigenvalue weighted by atomic mass is 79.9. The molecule has 0 unspecified atom stereocenters. The lowest BCUT2D eigenvalue weighted by Crippen LogP contribution is -2.40. The Morgan fingerprint density at radius 1 is 1.20 bits per heavy atom. The van der Waals surface area contributed by atoms with Crippen LogP contribution in [0.5, 0.6) is 11.5 Å². The number of carbonyl (C=O) groups excluding carboxylic acids is 1. The standard InChI is InChI=1S/C31H28BrN3O8S/c1-6-41-30(37)27-17(4)33-31-34(28(27)18-7-11-24(42-16(2)3)25(13-18)40-5)29(36)26(44-31)15-20-9-12-23(43-20)21-10-8-19(35(38)39)14-22(21)32/h7-16,28H,6H2,1-5H3/b26-15+/t28-/m0/s1. The maximum atomic E-state index is 14.0. The Kier molecular flexibility index (Phi) is 8.88. The second-order valence-electron chi connectivity index (χ2n) is 10.0. The van der Waals surface area contributed by atoms with Crippen LogP contribution in [0.2, 0.25) is 0 Å². The third kappa shape index (κ3) is 5.97. The van der Waals surface area contributed by atoms with Gasteiger partial charge in [0.2, 0.25) is 0 Å². The largest absolute Gasteiger partial charge is 0.493 e. The number of fused-ring (bicyclic) bond motifs is 1. The van der Waals surface area contributed by atoms with E-state index in [1.807, 2.05) is 13.8 Å². The fourth-order valence-corrected chi connectivity index (χ4v) is 6.42. The van der Waals surface area contributed by atoms with Crippen molar-refractivity contribution in [2.24, 2.45) is 4.99 Å². The first-order chi connectivity index (χ1) is 21.0. The number of ether oxygens (including phenoxy) is 3. The molecule has 44 heavy (non-hydrogen) atoms. The summed E-state index contributed by atoms with van der Waals surface area (Å²) in [6.07, 6.45) is 1.51. The Bertz CT molecular complexity index is 1990. The number of carbonyl (C=O) groups is 1. The molecule has 0 fully saturated rings. The number of furan rings is 1. The van der Waals surface area contributed by atoms with E-state index in [2.05, 4.69) is 20.9 Å². The molecule has 2 aromatic heterocycles. The van der Waals surface area contributed by atoms with Crippen molar-refractivity contribution < 1.29 is 28.3 Å². The summed E-state index contributed by atoms with van der Waals surface area (Å²) in [5, 5.41) is 11.1. The number of rotatable bonds is 9. The molecule has 1 aliphatic rings. The van der Waals surface area contributed by atoms with Crippen LogP contribution in [0.1, 0.15) is 45.1 Å². The Balaban J connectivity index is 1.62. The summed E-state index contributed by atoms with van der Waals surface area (Å²) in [6, 6.07) is 12.3. The van der Waals surface area contributed by atoms with Crippen molar-refractivity contribution in [1.29, 1.82) is 0 Å². The van der Waals surface area contributed by atoms with E-state index >= 15 is 0 Å². The lowest BCUT2D eigenvalue weighted by Gasteiger charge is -2.25. The van der Waals surface area contributed by atoms with Crippen molar-refractivity contribution in [2.75, 3.05) is 13.7 Å². The van der Waals surface area contributed by atoms with Crippen molar-refractivity contribution in [3.8, 4) is 22.8 Å². The van der Waals surface area contributed by atoms with E-state index in [-0.39, 0.29) is 29.5 Å². The molecule has 0 aliphatic carbocycles. The van der Waals surface area contributed by atoms with Gasteiger partial charge in [0, 0.05) is 28.2 Å². The third-order valence-corrected chi connectivity index (χ3v) is 8.35. The van der Waals surface area contributed by atoms with E-state index in [0.717, 1.165) is 11.3 Å². The van der Waals surface area contributed by atoms with Crippen molar-refractivity contribution in [3.63, 3.8) is 0 Å². The average molecular weight is 683 g/mol. The van der Waals surface area contributed by atoms with Crippen LogP contribution in [-0.2, 0) is 9.53 Å². The fraction of sp³-hybridized carbons (Fsp3) is 0.258. The van der Waals surface area contributed by atoms with Gasteiger partial charge in [0.25, 0.3) is 11.2 Å². The van der Waals surface area contributed by atoms with Gasteiger partial charge in [0.05, 0.1) is 46.6 Å². The molecule has 0 radical (unpaired) electrons. The molecule has 0 N–H and O–H groups in total. The van der Waals surface area contributed by atoms with E-state index < -0.39 is 16.9 Å². The number of non-ortho nitro benzene ring substituents is 1. The van der Waals surface area contributed by atoms with E-state index in [1.54, 1.807) is 56.3 Å². The summed E-state index contributed by atoms with van der Waals surface area (Å²) < 4.78 is 25.2. The van der Waals surface area contributed by atoms with Crippen LogP contribution < -0.4 is 24.4 Å². The number of halogens is 1. The first kappa shape index (κ1) is 31.0. The first-order valence-electron chi connectivity index (χ1n) is 13.6. The van der Waals surface area contributed by atoms with Crippen molar-refractivity contribution in [2.45, 2.75) is 39.8 Å². The van der Waals surface area contributed by atoms with Crippen LogP contribution in [-0.4, -0.2) is 35.3 Å². The molecule has 0 bridgehead atoms. The van der Waals surface area contributed by atoms with Gasteiger partial charge in [-0.2, -0.15) is 0 Å². The predicted octanol–water partition coefficient (Wildman–Crippen LogP) is 5.52. The van der Waals surface area contributed by atoms with E-state index in [1.165, 1.54) is 23.8 Å². The second kappa shape index (κ2) is 12.6. The van der Waals surface area contributed by atoms with Gasteiger partial charge < -0.3 is 18.6 Å². The molecule has 1 atom stereocenters. The number of hydrogen-bond acceptors (Lipinski definition) is 10. The number of benzene rings is 2. The molecule has 0 spiro atoms. The minimum atomic E-state index is -0.835. The molecule has 0 saturated carbocycles. The van der Waals surface area contributed by atoms with Crippen LogP contribution in [0.25, 0.3) is 17.4 Å². The lowest BCUT2D eigenvalue weighted by atomic mass is 9.95. The molecule has 13 heteroatoms. The molecule has 1 aliphatic heterocycles. The molecule has 228 valence electrons. The van der Waals surface area contributed by atoms with Crippen molar-refractivity contribution in [3.05, 3.63) is 105 Å². The number of nitro groups is 1. The van der Waals surface area contributed by atoms with Crippen LogP contribution in [0, 0.1) is 10.1 Å². The second-order valence-corrected chi connectivity index (χ2v) is 11.9. The fourth-order valence-electron chi connectivity index (χ4n) is 4.83. The Labute approximate surface area is 264 Å². The van der Waals surface area contributed by atoms with Gasteiger partial charge in [0.1, 0.15) is 11.5 Å². The summed E-state index contributed by atoms with van der Waals surface area (Å²) in [7, 11) is 1.53. The average Bonchev–Trinajstić information content (AvgIpc) is 3.56. The Morgan fingerprint density at radius 3 is 2.64 bits per heavy atom. The summed E-state index contributed by atoms with van der Waals surface area (Å²) >= 11 is 4.53. The molecule has 2 aromatic carbocycles. The summed E-state index contributed by atoms with van der Waals surface area (Å²) in [5.74, 6) is 1.27. The van der Waals surface area contributed by atoms with Crippen molar-refractivity contribution >= 4 is 45.0 Å². The Hall–Kier alpha value is -4.49. The molecule has 5 rings (SSSR count). The zero-order valence-electron chi connectivity index (χ0n) is 24.5. The van der Waals surface area contributed by atoms with Crippen LogP contribution in [0.3, 0.4) is 0 Å². The van der Waals surface area contributed by atoms with Gasteiger partial charge >= 0.3 is 5.97 Å². The predicted molar refractivity (Wildman–Crippen MR) is 168 cm³/mol. The van der Waals surface area contributed by atoms with Gasteiger partial charge in [-0.1, -0.05) is 17.4 Å². The zero-order valence-corrected chi connectivity index (χ0v) is 26.9. The number of nitrogens with zero attached hydrogens (tertiary/aromatic N) is 3. The van der Waals surface area contributed by atoms with Gasteiger partial charge in [0.15, 0.2) is 16.3 Å². The minimum absolute atomic E-state index is 0.0553. The molecular formula is C31H28BrN3O8S. The number of allylic oxidation sites excluding steroid dienone is 1. The van der Waals surface area contributed by atoms with Gasteiger partial charge in [-0.25, -0.2) is 9.79 Å². The van der Waals surface area contributed by atoms with Crippen LogP contribution >= 0.6 is 27.3 Å². The molecular weight excluding hydrogens is 654 g/mol. The van der Waals surface area contributed by atoms with Gasteiger partial charge in [-0.3, -0.25) is 19.5 Å². The SMILES string of the molecule is CCOC(=O)C1=C(C)N=c2s/c(=C/c3ccc(-c4ccc([N+](=O)[O-])cc4Br)o3)c(=O)n2[C@H]1c1ccc(OC(C)C)c(OC)c1. The molecule has 3 heterocycles. The number of esters is 1. The van der Waals surface area contributed by atoms with Crippen LogP contribution in [0.4, 0.5) is 5.69 Å². The smallest absolute Gasteiger partial charge is 0.338 e. The maximum Gasteiger partial charge on any atom is 0.338 e. The third-order valence-electron chi connectivity index (χ3n) is 6.71.